The van der Waals surface area contributed by atoms with Gasteiger partial charge in [0.25, 0.3) is 0 Å². The molecular formula is C24H36BN3O4. The fourth-order valence-corrected chi connectivity index (χ4v) is 4.48. The van der Waals surface area contributed by atoms with Crippen LogP contribution in [-0.2, 0) is 14.0 Å². The van der Waals surface area contributed by atoms with E-state index in [1.807, 2.05) is 37.8 Å². The lowest BCUT2D eigenvalue weighted by molar-refractivity contribution is 0.00578. The van der Waals surface area contributed by atoms with Crippen molar-refractivity contribution in [3.8, 4) is 0 Å². The number of aromatic nitrogens is 2. The lowest BCUT2D eigenvalue weighted by Gasteiger charge is -2.38. The van der Waals surface area contributed by atoms with Crippen LogP contribution in [0.1, 0.15) is 74.3 Å². The van der Waals surface area contributed by atoms with Crippen LogP contribution >= 0.6 is 0 Å². The molecule has 2 fully saturated rings. The molecule has 3 heterocycles. The van der Waals surface area contributed by atoms with Gasteiger partial charge < -0.3 is 18.9 Å². The molecule has 0 N–H and O–H groups in total. The minimum atomic E-state index is -0.509. The zero-order valence-electron chi connectivity index (χ0n) is 20.6. The van der Waals surface area contributed by atoms with E-state index >= 15 is 0 Å². The van der Waals surface area contributed by atoms with Crippen molar-refractivity contribution in [1.82, 2.24) is 14.7 Å². The standard InChI is InChI=1S/C24H36BN3O4/c1-16-15-17(13-14-27(16)21(29)30-22(2,3)4)28-19-12-10-9-11-18(19)20(26-28)25-31-23(5,6)24(7,8)32-25/h9-12,16-17H,13-15H2,1-8H3/t16-,17+/m0/s1. The number of benzene rings is 1. The maximum Gasteiger partial charge on any atom is 0.517 e. The first-order valence-electron chi connectivity index (χ1n) is 11.6. The minimum absolute atomic E-state index is 0.0619. The summed E-state index contributed by atoms with van der Waals surface area (Å²) in [6, 6.07) is 8.49. The SMILES string of the molecule is C[C@H]1C[C@H](n2nc(B3OC(C)(C)C(C)(C)O3)c3ccccc32)CCN1C(=O)OC(C)(C)C. The highest BCUT2D eigenvalue weighted by molar-refractivity contribution is 6.64. The van der Waals surface area contributed by atoms with Crippen LogP contribution in [0.3, 0.4) is 0 Å². The number of hydrogen-bond donors (Lipinski definition) is 0. The number of amides is 1. The van der Waals surface area contributed by atoms with Gasteiger partial charge in [-0.05, 0) is 74.3 Å². The molecule has 0 bridgehead atoms. The second-order valence-corrected chi connectivity index (χ2v) is 11.1. The Kier molecular flexibility index (Phi) is 5.61. The monoisotopic (exact) mass is 441 g/mol. The Morgan fingerprint density at radius 1 is 1.16 bits per heavy atom. The van der Waals surface area contributed by atoms with Crippen molar-refractivity contribution in [2.24, 2.45) is 0 Å². The van der Waals surface area contributed by atoms with E-state index in [4.69, 9.17) is 19.1 Å². The molecule has 32 heavy (non-hydrogen) atoms. The topological polar surface area (TPSA) is 65.8 Å². The third kappa shape index (κ3) is 4.15. The van der Waals surface area contributed by atoms with Crippen LogP contribution < -0.4 is 5.59 Å². The summed E-state index contributed by atoms with van der Waals surface area (Å²) in [5, 5.41) is 6.07. The maximum absolute atomic E-state index is 12.6. The van der Waals surface area contributed by atoms with Crippen LogP contribution in [0.5, 0.6) is 0 Å². The highest BCUT2D eigenvalue weighted by Gasteiger charge is 2.53. The van der Waals surface area contributed by atoms with Gasteiger partial charge in [0.15, 0.2) is 0 Å². The van der Waals surface area contributed by atoms with Crippen LogP contribution in [0.25, 0.3) is 10.9 Å². The lowest BCUT2D eigenvalue weighted by Crippen LogP contribution is -2.47. The Bertz CT molecular complexity index is 994. The molecule has 2 aliphatic rings. The first-order valence-corrected chi connectivity index (χ1v) is 11.6. The minimum Gasteiger partial charge on any atom is -0.444 e. The van der Waals surface area contributed by atoms with Gasteiger partial charge in [0, 0.05) is 18.0 Å². The van der Waals surface area contributed by atoms with Gasteiger partial charge >= 0.3 is 13.2 Å². The van der Waals surface area contributed by atoms with Crippen molar-refractivity contribution in [3.05, 3.63) is 24.3 Å². The van der Waals surface area contributed by atoms with Crippen molar-refractivity contribution in [2.45, 2.75) is 97.1 Å². The Hall–Kier alpha value is -2.06. The smallest absolute Gasteiger partial charge is 0.444 e. The largest absolute Gasteiger partial charge is 0.517 e. The normalized spacial score (nSPS) is 25.4. The molecule has 2 saturated heterocycles. The number of para-hydroxylation sites is 1. The number of carbonyl (C=O) groups is 1. The van der Waals surface area contributed by atoms with Crippen molar-refractivity contribution in [1.29, 1.82) is 0 Å². The molecule has 2 aromatic rings. The Morgan fingerprint density at radius 3 is 2.38 bits per heavy atom. The Balaban J connectivity index is 1.60. The number of hydrogen-bond acceptors (Lipinski definition) is 5. The number of piperidine rings is 1. The van der Waals surface area contributed by atoms with Crippen LogP contribution in [-0.4, -0.2) is 57.3 Å². The van der Waals surface area contributed by atoms with E-state index in [-0.39, 0.29) is 18.2 Å². The predicted molar refractivity (Wildman–Crippen MR) is 126 cm³/mol. The average molecular weight is 441 g/mol. The second kappa shape index (κ2) is 7.77. The summed E-state index contributed by atoms with van der Waals surface area (Å²) in [5.74, 6) is 0. The van der Waals surface area contributed by atoms with Crippen LogP contribution in [0.4, 0.5) is 4.79 Å². The molecule has 2 atom stereocenters. The number of nitrogens with zero attached hydrogens (tertiary/aromatic N) is 3. The van der Waals surface area contributed by atoms with Crippen molar-refractivity contribution < 1.29 is 18.8 Å². The van der Waals surface area contributed by atoms with E-state index in [0.717, 1.165) is 29.3 Å². The molecule has 0 saturated carbocycles. The molecule has 0 spiro atoms. The molecule has 1 aromatic carbocycles. The van der Waals surface area contributed by atoms with Crippen LogP contribution in [0.15, 0.2) is 24.3 Å². The fraction of sp³-hybridized carbons (Fsp3) is 0.667. The number of likely N-dealkylation sites (tertiary alicyclic amines) is 1. The molecule has 8 heteroatoms. The van der Waals surface area contributed by atoms with E-state index in [0.29, 0.717) is 6.54 Å². The predicted octanol–water partition coefficient (Wildman–Crippen LogP) is 4.30. The van der Waals surface area contributed by atoms with E-state index in [9.17, 15) is 4.79 Å². The zero-order valence-corrected chi connectivity index (χ0v) is 20.6. The summed E-state index contributed by atoms with van der Waals surface area (Å²) >= 11 is 0. The van der Waals surface area contributed by atoms with Crippen molar-refractivity contribution in [2.75, 3.05) is 6.54 Å². The number of fused-ring (bicyclic) bond motifs is 1. The molecule has 7 nitrogen and oxygen atoms in total. The molecule has 174 valence electrons. The number of carbonyl (C=O) groups excluding carboxylic acids is 1. The van der Waals surface area contributed by atoms with Crippen molar-refractivity contribution >= 4 is 29.7 Å². The van der Waals surface area contributed by atoms with E-state index in [1.165, 1.54) is 0 Å². The number of rotatable bonds is 2. The van der Waals surface area contributed by atoms with Gasteiger partial charge in [-0.25, -0.2) is 4.79 Å². The summed E-state index contributed by atoms with van der Waals surface area (Å²) < 4.78 is 20.3. The molecule has 0 radical (unpaired) electrons. The second-order valence-electron chi connectivity index (χ2n) is 11.1. The van der Waals surface area contributed by atoms with Gasteiger partial charge in [-0.15, -0.1) is 0 Å². The lowest BCUT2D eigenvalue weighted by atomic mass is 9.82. The zero-order chi connectivity index (χ0) is 23.5. The van der Waals surface area contributed by atoms with Gasteiger partial charge in [-0.3, -0.25) is 4.68 Å². The van der Waals surface area contributed by atoms with Gasteiger partial charge in [0.05, 0.1) is 22.8 Å². The summed E-state index contributed by atoms with van der Waals surface area (Å²) in [7, 11) is -0.509. The summed E-state index contributed by atoms with van der Waals surface area (Å²) in [4.78, 5) is 14.5. The van der Waals surface area contributed by atoms with Gasteiger partial charge in [0.1, 0.15) is 11.2 Å². The van der Waals surface area contributed by atoms with Gasteiger partial charge in [-0.2, -0.15) is 5.10 Å². The summed E-state index contributed by atoms with van der Waals surface area (Å²) in [6.45, 7) is 16.6. The van der Waals surface area contributed by atoms with Crippen molar-refractivity contribution in [3.63, 3.8) is 0 Å². The first-order chi connectivity index (χ1) is 14.8. The van der Waals surface area contributed by atoms with Gasteiger partial charge in [-0.1, -0.05) is 18.2 Å². The fourth-order valence-electron chi connectivity index (χ4n) is 4.48. The summed E-state index contributed by atoms with van der Waals surface area (Å²) in [6.07, 6.45) is 1.39. The van der Waals surface area contributed by atoms with E-state index in [2.05, 4.69) is 51.4 Å². The number of ether oxygens (including phenoxy) is 1. The Labute approximate surface area is 191 Å². The molecular weight excluding hydrogens is 405 g/mol. The quantitative estimate of drug-likeness (QED) is 0.651. The molecule has 1 amide bonds. The highest BCUT2D eigenvalue weighted by Crippen LogP contribution is 2.37. The van der Waals surface area contributed by atoms with Crippen LogP contribution in [0.2, 0.25) is 0 Å². The van der Waals surface area contributed by atoms with E-state index in [1.54, 1.807) is 0 Å². The first kappa shape index (κ1) is 23.1. The molecule has 0 unspecified atom stereocenters. The molecule has 4 rings (SSSR count). The van der Waals surface area contributed by atoms with E-state index < -0.39 is 23.9 Å². The Morgan fingerprint density at radius 2 is 1.78 bits per heavy atom. The summed E-state index contributed by atoms with van der Waals surface area (Å²) in [5.41, 5.74) is 0.552. The average Bonchev–Trinajstić information content (AvgIpc) is 3.14. The third-order valence-corrected chi connectivity index (χ3v) is 6.94. The molecule has 2 aliphatic heterocycles. The van der Waals surface area contributed by atoms with Gasteiger partial charge in [0.2, 0.25) is 0 Å². The highest BCUT2D eigenvalue weighted by atomic mass is 16.7. The third-order valence-electron chi connectivity index (χ3n) is 6.94. The molecule has 1 aromatic heterocycles. The maximum atomic E-state index is 12.6. The molecule has 0 aliphatic carbocycles. The van der Waals surface area contributed by atoms with Crippen LogP contribution in [0, 0.1) is 0 Å².